The Balaban J connectivity index is 2.16. The van der Waals surface area contributed by atoms with Crippen LogP contribution in [-0.2, 0) is 20.9 Å². The van der Waals surface area contributed by atoms with Crippen molar-refractivity contribution in [2.45, 2.75) is 12.6 Å². The molecule has 0 unspecified atom stereocenters. The SMILES string of the molecule is O=C(O)[C@H]1COCCN1C(=O)Cn1cc(Br)ccc1=O. The molecule has 8 heteroatoms. The molecule has 1 aliphatic heterocycles. The van der Waals surface area contributed by atoms with Crippen molar-refractivity contribution in [3.8, 4) is 0 Å². The number of nitrogens with zero attached hydrogens (tertiary/aromatic N) is 2. The monoisotopic (exact) mass is 344 g/mol. The van der Waals surface area contributed by atoms with Crippen LogP contribution in [-0.4, -0.2) is 52.3 Å². The minimum absolute atomic E-state index is 0.0333. The van der Waals surface area contributed by atoms with Gasteiger partial charge in [-0.25, -0.2) is 4.79 Å². The van der Waals surface area contributed by atoms with Crippen LogP contribution in [0.5, 0.6) is 0 Å². The molecule has 1 N–H and O–H groups in total. The average molecular weight is 345 g/mol. The molecule has 0 bridgehead atoms. The van der Waals surface area contributed by atoms with Crippen molar-refractivity contribution >= 4 is 27.8 Å². The Hall–Kier alpha value is -1.67. The van der Waals surface area contributed by atoms with E-state index in [9.17, 15) is 14.4 Å². The number of hydrogen-bond acceptors (Lipinski definition) is 4. The molecule has 0 spiro atoms. The number of carbonyl (C=O) groups excluding carboxylic acids is 1. The first kappa shape index (κ1) is 14.7. The highest BCUT2D eigenvalue weighted by atomic mass is 79.9. The van der Waals surface area contributed by atoms with Gasteiger partial charge in [0, 0.05) is 23.3 Å². The number of hydrogen-bond donors (Lipinski definition) is 1. The summed E-state index contributed by atoms with van der Waals surface area (Å²) in [5.74, 6) is -1.53. The second-order valence-corrected chi connectivity index (χ2v) is 5.25. The largest absolute Gasteiger partial charge is 0.480 e. The molecular formula is C12H13BrN2O5. The summed E-state index contributed by atoms with van der Waals surface area (Å²) < 4.78 is 6.97. The van der Waals surface area contributed by atoms with Crippen LogP contribution in [0.25, 0.3) is 0 Å². The average Bonchev–Trinajstić information content (AvgIpc) is 2.42. The van der Waals surface area contributed by atoms with Gasteiger partial charge < -0.3 is 19.3 Å². The summed E-state index contributed by atoms with van der Waals surface area (Å²) in [7, 11) is 0. The van der Waals surface area contributed by atoms with Crippen molar-refractivity contribution in [3.63, 3.8) is 0 Å². The normalized spacial score (nSPS) is 18.9. The quantitative estimate of drug-likeness (QED) is 0.828. The summed E-state index contributed by atoms with van der Waals surface area (Å²) in [5.41, 5.74) is -0.318. The van der Waals surface area contributed by atoms with Crippen LogP contribution in [0.3, 0.4) is 0 Å². The maximum Gasteiger partial charge on any atom is 0.328 e. The van der Waals surface area contributed by atoms with Gasteiger partial charge in [-0.05, 0) is 22.0 Å². The number of rotatable bonds is 3. The number of amides is 1. The highest BCUT2D eigenvalue weighted by molar-refractivity contribution is 9.10. The molecule has 2 heterocycles. The van der Waals surface area contributed by atoms with Crippen LogP contribution in [0, 0.1) is 0 Å². The standard InChI is InChI=1S/C12H13BrN2O5/c13-8-1-2-10(16)14(5-8)6-11(17)15-3-4-20-7-9(15)12(18)19/h1-2,5,9H,3-4,6-7H2,(H,18,19)/t9-/m1/s1. The summed E-state index contributed by atoms with van der Waals surface area (Å²) in [6.07, 6.45) is 1.50. The van der Waals surface area contributed by atoms with Crippen molar-refractivity contribution in [2.75, 3.05) is 19.8 Å². The van der Waals surface area contributed by atoms with Gasteiger partial charge in [-0.15, -0.1) is 0 Å². The van der Waals surface area contributed by atoms with Gasteiger partial charge in [0.15, 0.2) is 6.04 Å². The molecule has 20 heavy (non-hydrogen) atoms. The van der Waals surface area contributed by atoms with Gasteiger partial charge in [-0.3, -0.25) is 9.59 Å². The molecule has 1 fully saturated rings. The van der Waals surface area contributed by atoms with E-state index >= 15 is 0 Å². The van der Waals surface area contributed by atoms with E-state index in [2.05, 4.69) is 15.9 Å². The fourth-order valence-electron chi connectivity index (χ4n) is 1.97. The zero-order valence-electron chi connectivity index (χ0n) is 10.5. The fourth-order valence-corrected chi connectivity index (χ4v) is 2.35. The van der Waals surface area contributed by atoms with Crippen LogP contribution >= 0.6 is 15.9 Å². The first-order valence-electron chi connectivity index (χ1n) is 5.95. The van der Waals surface area contributed by atoms with E-state index < -0.39 is 17.9 Å². The first-order valence-corrected chi connectivity index (χ1v) is 6.74. The summed E-state index contributed by atoms with van der Waals surface area (Å²) in [6.45, 7) is 0.276. The van der Waals surface area contributed by atoms with Crippen molar-refractivity contribution in [1.82, 2.24) is 9.47 Å². The summed E-state index contributed by atoms with van der Waals surface area (Å²) in [4.78, 5) is 36.1. The van der Waals surface area contributed by atoms with E-state index in [1.165, 1.54) is 21.7 Å². The van der Waals surface area contributed by atoms with E-state index in [1.807, 2.05) is 0 Å². The van der Waals surface area contributed by atoms with Crippen molar-refractivity contribution in [1.29, 1.82) is 0 Å². The maximum atomic E-state index is 12.2. The Morgan fingerprint density at radius 1 is 1.45 bits per heavy atom. The number of aliphatic carboxylic acids is 1. The van der Waals surface area contributed by atoms with Crippen LogP contribution in [0.15, 0.2) is 27.6 Å². The lowest BCUT2D eigenvalue weighted by atomic mass is 10.2. The maximum absolute atomic E-state index is 12.2. The third-order valence-electron chi connectivity index (χ3n) is 2.99. The molecule has 1 amide bonds. The number of pyridine rings is 1. The Bertz CT molecular complexity index is 585. The van der Waals surface area contributed by atoms with Gasteiger partial charge in [-0.1, -0.05) is 0 Å². The highest BCUT2D eigenvalue weighted by Gasteiger charge is 2.32. The van der Waals surface area contributed by atoms with E-state index in [1.54, 1.807) is 6.07 Å². The number of carboxylic acid groups (broad SMARTS) is 1. The van der Waals surface area contributed by atoms with E-state index in [-0.39, 0.29) is 25.3 Å². The number of halogens is 1. The lowest BCUT2D eigenvalue weighted by Crippen LogP contribution is -2.53. The van der Waals surface area contributed by atoms with Gasteiger partial charge >= 0.3 is 5.97 Å². The molecule has 0 aliphatic carbocycles. The zero-order chi connectivity index (χ0) is 14.7. The lowest BCUT2D eigenvalue weighted by Gasteiger charge is -2.33. The van der Waals surface area contributed by atoms with Gasteiger partial charge in [0.05, 0.1) is 13.2 Å². The second-order valence-electron chi connectivity index (χ2n) is 4.33. The molecule has 1 saturated heterocycles. The molecule has 1 aromatic heterocycles. The summed E-state index contributed by atoms with van der Waals surface area (Å²) >= 11 is 3.22. The molecule has 0 radical (unpaired) electrons. The molecule has 7 nitrogen and oxygen atoms in total. The molecular weight excluding hydrogens is 332 g/mol. The molecule has 0 saturated carbocycles. The second kappa shape index (κ2) is 6.19. The van der Waals surface area contributed by atoms with Crippen LogP contribution in [0.2, 0.25) is 0 Å². The molecule has 108 valence electrons. The Labute approximate surface area is 122 Å². The highest BCUT2D eigenvalue weighted by Crippen LogP contribution is 2.10. The number of ether oxygens (including phenoxy) is 1. The number of carboxylic acids is 1. The third kappa shape index (κ3) is 3.26. The van der Waals surface area contributed by atoms with Gasteiger partial charge in [0.25, 0.3) is 5.56 Å². The van der Waals surface area contributed by atoms with Crippen molar-refractivity contribution in [2.24, 2.45) is 0 Å². The number of carbonyl (C=O) groups is 2. The van der Waals surface area contributed by atoms with Crippen molar-refractivity contribution in [3.05, 3.63) is 33.2 Å². The third-order valence-corrected chi connectivity index (χ3v) is 3.46. The number of aromatic nitrogens is 1. The Morgan fingerprint density at radius 3 is 2.90 bits per heavy atom. The van der Waals surface area contributed by atoms with Crippen molar-refractivity contribution < 1.29 is 19.4 Å². The zero-order valence-corrected chi connectivity index (χ0v) is 12.1. The van der Waals surface area contributed by atoms with E-state index in [0.717, 1.165) is 0 Å². The molecule has 0 aromatic carbocycles. The molecule has 1 atom stereocenters. The Kier molecular flexibility index (Phi) is 4.56. The Morgan fingerprint density at radius 2 is 2.20 bits per heavy atom. The van der Waals surface area contributed by atoms with E-state index in [0.29, 0.717) is 11.1 Å². The predicted molar refractivity (Wildman–Crippen MR) is 72.4 cm³/mol. The summed E-state index contributed by atoms with van der Waals surface area (Å²) in [6, 6.07) is 1.92. The lowest BCUT2D eigenvalue weighted by molar-refractivity contribution is -0.158. The number of morpholine rings is 1. The minimum Gasteiger partial charge on any atom is -0.480 e. The van der Waals surface area contributed by atoms with Gasteiger partial charge in [-0.2, -0.15) is 0 Å². The molecule has 2 rings (SSSR count). The molecule has 1 aliphatic rings. The van der Waals surface area contributed by atoms with Gasteiger partial charge in [0.1, 0.15) is 6.54 Å². The van der Waals surface area contributed by atoms with Gasteiger partial charge in [0.2, 0.25) is 5.91 Å². The minimum atomic E-state index is -1.11. The van der Waals surface area contributed by atoms with E-state index in [4.69, 9.17) is 9.84 Å². The fraction of sp³-hybridized carbons (Fsp3) is 0.417. The first-order chi connectivity index (χ1) is 9.49. The smallest absolute Gasteiger partial charge is 0.328 e. The predicted octanol–water partition coefficient (Wildman–Crippen LogP) is -0.0772. The van der Waals surface area contributed by atoms with Crippen LogP contribution < -0.4 is 5.56 Å². The van der Waals surface area contributed by atoms with Crippen LogP contribution in [0.1, 0.15) is 0 Å². The summed E-state index contributed by atoms with van der Waals surface area (Å²) in [5, 5.41) is 9.07. The topological polar surface area (TPSA) is 88.8 Å². The van der Waals surface area contributed by atoms with Crippen LogP contribution in [0.4, 0.5) is 0 Å². The molecule has 1 aromatic rings.